The van der Waals surface area contributed by atoms with Crippen LogP contribution in [0.1, 0.15) is 44.3 Å². The minimum atomic E-state index is 0.127. The fourth-order valence-electron chi connectivity index (χ4n) is 3.45. The maximum atomic E-state index is 12.3. The molecule has 0 aromatic carbocycles. The summed E-state index contributed by atoms with van der Waals surface area (Å²) in [6, 6.07) is 0.520. The van der Waals surface area contributed by atoms with Gasteiger partial charge in [0.25, 0.3) is 0 Å². The molecule has 2 fully saturated rings. The quantitative estimate of drug-likeness (QED) is 0.922. The molecule has 116 valence electrons. The highest BCUT2D eigenvalue weighted by atomic mass is 16.2. The minimum Gasteiger partial charge on any atom is -0.335 e. The Hall–Kier alpha value is -1.59. The molecule has 1 aliphatic heterocycles. The molecule has 21 heavy (non-hydrogen) atoms. The van der Waals surface area contributed by atoms with E-state index in [1.54, 1.807) is 6.33 Å². The van der Waals surface area contributed by atoms with Crippen molar-refractivity contribution in [1.82, 2.24) is 25.0 Å². The number of hydrogen-bond acceptors (Lipinski definition) is 3. The van der Waals surface area contributed by atoms with Crippen molar-refractivity contribution in [3.63, 3.8) is 0 Å². The fraction of sp³-hybridized carbons (Fsp3) is 0.800. The van der Waals surface area contributed by atoms with Gasteiger partial charge in [0.1, 0.15) is 12.2 Å². The lowest BCUT2D eigenvalue weighted by molar-refractivity contribution is 0.198. The van der Waals surface area contributed by atoms with E-state index in [-0.39, 0.29) is 6.03 Å². The van der Waals surface area contributed by atoms with Crippen LogP contribution >= 0.6 is 0 Å². The number of nitrogens with one attached hydrogen (secondary N) is 1. The molecule has 1 saturated heterocycles. The topological polar surface area (TPSA) is 63.1 Å². The molecule has 6 nitrogen and oxygen atoms in total. The second-order valence-electron chi connectivity index (χ2n) is 6.45. The lowest BCUT2D eigenvalue weighted by Crippen LogP contribution is -2.44. The van der Waals surface area contributed by atoms with Gasteiger partial charge in [-0.05, 0) is 25.2 Å². The predicted molar refractivity (Wildman–Crippen MR) is 79.8 cm³/mol. The van der Waals surface area contributed by atoms with Gasteiger partial charge in [-0.25, -0.2) is 4.79 Å². The van der Waals surface area contributed by atoms with E-state index in [9.17, 15) is 4.79 Å². The number of carbonyl (C=O) groups excluding carboxylic acids is 1. The molecule has 1 aromatic heterocycles. The molecule has 0 radical (unpaired) electrons. The van der Waals surface area contributed by atoms with Gasteiger partial charge in [0, 0.05) is 32.6 Å². The Labute approximate surface area is 125 Å². The number of aromatic nitrogens is 3. The first-order valence-corrected chi connectivity index (χ1v) is 8.10. The van der Waals surface area contributed by atoms with Crippen LogP contribution in [0.15, 0.2) is 6.33 Å². The maximum absolute atomic E-state index is 12.3. The highest BCUT2D eigenvalue weighted by Gasteiger charge is 2.28. The molecular weight excluding hydrogens is 266 g/mol. The van der Waals surface area contributed by atoms with Crippen molar-refractivity contribution in [2.45, 2.75) is 51.0 Å². The van der Waals surface area contributed by atoms with Crippen molar-refractivity contribution in [3.8, 4) is 0 Å². The SMILES string of the molecule is Cn1cnnc1CC1CCN(C(=O)NC2CCCCC2)C1. The highest BCUT2D eigenvalue weighted by molar-refractivity contribution is 5.74. The summed E-state index contributed by atoms with van der Waals surface area (Å²) in [6.07, 6.45) is 9.80. The first kappa shape index (κ1) is 14.4. The van der Waals surface area contributed by atoms with Gasteiger partial charge < -0.3 is 14.8 Å². The van der Waals surface area contributed by atoms with E-state index in [1.165, 1.54) is 19.3 Å². The third kappa shape index (κ3) is 3.54. The number of amides is 2. The number of rotatable bonds is 3. The zero-order valence-electron chi connectivity index (χ0n) is 12.8. The molecular formula is C15H25N5O. The van der Waals surface area contributed by atoms with E-state index < -0.39 is 0 Å². The lowest BCUT2D eigenvalue weighted by Gasteiger charge is -2.26. The van der Waals surface area contributed by atoms with Gasteiger partial charge in [-0.3, -0.25) is 0 Å². The van der Waals surface area contributed by atoms with E-state index >= 15 is 0 Å². The van der Waals surface area contributed by atoms with Gasteiger partial charge in [0.2, 0.25) is 0 Å². The fourth-order valence-corrected chi connectivity index (χ4v) is 3.45. The molecule has 1 N–H and O–H groups in total. The summed E-state index contributed by atoms with van der Waals surface area (Å²) in [6.45, 7) is 1.70. The number of likely N-dealkylation sites (tertiary alicyclic amines) is 1. The molecule has 1 unspecified atom stereocenters. The van der Waals surface area contributed by atoms with Crippen LogP contribution in [0.3, 0.4) is 0 Å². The Morgan fingerprint density at radius 1 is 1.33 bits per heavy atom. The first-order valence-electron chi connectivity index (χ1n) is 8.10. The van der Waals surface area contributed by atoms with Crippen LogP contribution in [-0.2, 0) is 13.5 Å². The van der Waals surface area contributed by atoms with Gasteiger partial charge in [-0.2, -0.15) is 0 Å². The Balaban J connectivity index is 1.47. The Bertz CT molecular complexity index is 480. The molecule has 3 rings (SSSR count). The van der Waals surface area contributed by atoms with Gasteiger partial charge >= 0.3 is 6.03 Å². The third-order valence-electron chi connectivity index (χ3n) is 4.78. The highest BCUT2D eigenvalue weighted by Crippen LogP contribution is 2.21. The van der Waals surface area contributed by atoms with E-state index in [1.807, 2.05) is 16.5 Å². The summed E-state index contributed by atoms with van der Waals surface area (Å²) in [4.78, 5) is 14.3. The number of nitrogens with zero attached hydrogens (tertiary/aromatic N) is 4. The molecule has 2 aliphatic rings. The van der Waals surface area contributed by atoms with Crippen molar-refractivity contribution in [2.24, 2.45) is 13.0 Å². The third-order valence-corrected chi connectivity index (χ3v) is 4.78. The summed E-state index contributed by atoms with van der Waals surface area (Å²) < 4.78 is 1.96. The second-order valence-corrected chi connectivity index (χ2v) is 6.45. The largest absolute Gasteiger partial charge is 0.335 e. The average molecular weight is 291 g/mol. The van der Waals surface area contributed by atoms with Crippen LogP contribution in [-0.4, -0.2) is 44.8 Å². The molecule has 2 heterocycles. The van der Waals surface area contributed by atoms with Crippen LogP contribution in [0.4, 0.5) is 4.79 Å². The zero-order valence-corrected chi connectivity index (χ0v) is 12.8. The van der Waals surface area contributed by atoms with Crippen molar-refractivity contribution in [1.29, 1.82) is 0 Å². The number of hydrogen-bond donors (Lipinski definition) is 1. The van der Waals surface area contributed by atoms with Crippen molar-refractivity contribution in [3.05, 3.63) is 12.2 Å². The van der Waals surface area contributed by atoms with E-state index in [0.29, 0.717) is 12.0 Å². The van der Waals surface area contributed by atoms with Crippen LogP contribution < -0.4 is 5.32 Å². The molecule has 0 bridgehead atoms. The smallest absolute Gasteiger partial charge is 0.317 e. The average Bonchev–Trinajstić information content (AvgIpc) is 3.11. The lowest BCUT2D eigenvalue weighted by atomic mass is 9.96. The summed E-state index contributed by atoms with van der Waals surface area (Å²) in [5, 5.41) is 11.3. The van der Waals surface area contributed by atoms with Crippen LogP contribution in [0.25, 0.3) is 0 Å². The monoisotopic (exact) mass is 291 g/mol. The van der Waals surface area contributed by atoms with Crippen LogP contribution in [0, 0.1) is 5.92 Å². The van der Waals surface area contributed by atoms with E-state index in [2.05, 4.69) is 15.5 Å². The predicted octanol–water partition coefficient (Wildman–Crippen LogP) is 1.72. The van der Waals surface area contributed by atoms with Gasteiger partial charge in [0.15, 0.2) is 0 Å². The second kappa shape index (κ2) is 6.45. The molecule has 1 saturated carbocycles. The van der Waals surface area contributed by atoms with Crippen molar-refractivity contribution in [2.75, 3.05) is 13.1 Å². The molecule has 1 aliphatic carbocycles. The first-order chi connectivity index (χ1) is 10.2. The van der Waals surface area contributed by atoms with E-state index in [0.717, 1.165) is 44.6 Å². The zero-order chi connectivity index (χ0) is 14.7. The molecule has 1 atom stereocenters. The normalized spacial score (nSPS) is 23.5. The Kier molecular flexibility index (Phi) is 4.41. The molecule has 2 amide bonds. The van der Waals surface area contributed by atoms with Gasteiger partial charge in [-0.15, -0.1) is 10.2 Å². The summed E-state index contributed by atoms with van der Waals surface area (Å²) in [7, 11) is 1.97. The number of carbonyl (C=O) groups is 1. The standard InChI is InChI=1S/C15H25N5O/c1-19-11-16-18-14(19)9-12-7-8-20(10-12)15(21)17-13-5-3-2-4-6-13/h11-13H,2-10H2,1H3,(H,17,21). The Morgan fingerprint density at radius 2 is 2.14 bits per heavy atom. The Morgan fingerprint density at radius 3 is 2.86 bits per heavy atom. The van der Waals surface area contributed by atoms with Crippen molar-refractivity contribution >= 4 is 6.03 Å². The van der Waals surface area contributed by atoms with Crippen LogP contribution in [0.5, 0.6) is 0 Å². The van der Waals surface area contributed by atoms with Crippen LogP contribution in [0.2, 0.25) is 0 Å². The van der Waals surface area contributed by atoms with Crippen molar-refractivity contribution < 1.29 is 4.79 Å². The number of aryl methyl sites for hydroxylation is 1. The molecule has 1 aromatic rings. The molecule has 6 heteroatoms. The number of urea groups is 1. The van der Waals surface area contributed by atoms with E-state index in [4.69, 9.17) is 0 Å². The van der Waals surface area contributed by atoms with Gasteiger partial charge in [0.05, 0.1) is 0 Å². The summed E-state index contributed by atoms with van der Waals surface area (Å²) >= 11 is 0. The minimum absolute atomic E-state index is 0.127. The maximum Gasteiger partial charge on any atom is 0.317 e. The van der Waals surface area contributed by atoms with Gasteiger partial charge in [-0.1, -0.05) is 19.3 Å². The summed E-state index contributed by atoms with van der Waals surface area (Å²) in [5.74, 6) is 1.51. The summed E-state index contributed by atoms with van der Waals surface area (Å²) in [5.41, 5.74) is 0. The molecule has 0 spiro atoms.